The molecule has 1 saturated carbocycles. The quantitative estimate of drug-likeness (QED) is 0.794. The lowest BCUT2D eigenvalue weighted by Gasteiger charge is -2.30. The summed E-state index contributed by atoms with van der Waals surface area (Å²) in [5, 5.41) is 17.2. The SMILES string of the molecule is Cc1ccsc1CNC(=O)N[C@@H]1CCCC[C@H]1CO. The molecule has 0 radical (unpaired) electrons. The Morgan fingerprint density at radius 2 is 2.26 bits per heavy atom. The molecule has 0 saturated heterocycles. The smallest absolute Gasteiger partial charge is 0.315 e. The summed E-state index contributed by atoms with van der Waals surface area (Å²) in [6.07, 6.45) is 4.26. The van der Waals surface area contributed by atoms with Crippen LogP contribution in [0, 0.1) is 12.8 Å². The normalized spacial score (nSPS) is 23.1. The van der Waals surface area contributed by atoms with Crippen molar-refractivity contribution in [2.45, 2.75) is 45.2 Å². The molecular weight excluding hydrogens is 260 g/mol. The number of aliphatic hydroxyl groups excluding tert-OH is 1. The maximum Gasteiger partial charge on any atom is 0.315 e. The van der Waals surface area contributed by atoms with Crippen LogP contribution in [0.2, 0.25) is 0 Å². The molecule has 2 amide bonds. The molecule has 1 heterocycles. The summed E-state index contributed by atoms with van der Waals surface area (Å²) >= 11 is 1.66. The van der Waals surface area contributed by atoms with E-state index in [1.54, 1.807) is 11.3 Å². The fourth-order valence-corrected chi connectivity index (χ4v) is 3.43. The topological polar surface area (TPSA) is 61.4 Å². The van der Waals surface area contributed by atoms with Crippen LogP contribution < -0.4 is 10.6 Å². The van der Waals surface area contributed by atoms with Gasteiger partial charge in [0.1, 0.15) is 0 Å². The van der Waals surface area contributed by atoms with Gasteiger partial charge < -0.3 is 15.7 Å². The number of amides is 2. The summed E-state index contributed by atoms with van der Waals surface area (Å²) in [6, 6.07) is 2.05. The highest BCUT2D eigenvalue weighted by Crippen LogP contribution is 2.23. The van der Waals surface area contributed by atoms with Crippen LogP contribution in [0.3, 0.4) is 0 Å². The van der Waals surface area contributed by atoms with Gasteiger partial charge in [0.05, 0.1) is 6.54 Å². The van der Waals surface area contributed by atoms with Gasteiger partial charge in [-0.2, -0.15) is 0 Å². The highest BCUT2D eigenvalue weighted by Gasteiger charge is 2.25. The average molecular weight is 282 g/mol. The third kappa shape index (κ3) is 3.94. The van der Waals surface area contributed by atoms with Crippen LogP contribution in [-0.2, 0) is 6.54 Å². The maximum atomic E-state index is 11.9. The molecule has 1 aliphatic carbocycles. The van der Waals surface area contributed by atoms with Crippen molar-refractivity contribution in [3.05, 3.63) is 21.9 Å². The van der Waals surface area contributed by atoms with Gasteiger partial charge >= 0.3 is 6.03 Å². The van der Waals surface area contributed by atoms with Crippen LogP contribution in [0.25, 0.3) is 0 Å². The molecule has 0 spiro atoms. The van der Waals surface area contributed by atoms with E-state index in [0.29, 0.717) is 6.54 Å². The number of urea groups is 1. The monoisotopic (exact) mass is 282 g/mol. The molecule has 1 aromatic heterocycles. The van der Waals surface area contributed by atoms with Crippen LogP contribution >= 0.6 is 11.3 Å². The molecular formula is C14H22N2O2S. The van der Waals surface area contributed by atoms with Gasteiger partial charge in [0.2, 0.25) is 0 Å². The van der Waals surface area contributed by atoms with Crippen LogP contribution in [0.4, 0.5) is 4.79 Å². The van der Waals surface area contributed by atoms with E-state index in [1.165, 1.54) is 10.4 Å². The zero-order chi connectivity index (χ0) is 13.7. The van der Waals surface area contributed by atoms with Crippen molar-refractivity contribution >= 4 is 17.4 Å². The van der Waals surface area contributed by atoms with Crippen molar-refractivity contribution < 1.29 is 9.90 Å². The number of aryl methyl sites for hydroxylation is 1. The van der Waals surface area contributed by atoms with E-state index in [9.17, 15) is 9.90 Å². The first-order chi connectivity index (χ1) is 9.20. The van der Waals surface area contributed by atoms with Crippen LogP contribution in [0.1, 0.15) is 36.1 Å². The first kappa shape index (κ1) is 14.3. The second-order valence-electron chi connectivity index (χ2n) is 5.19. The first-order valence-corrected chi connectivity index (χ1v) is 7.77. The number of nitrogens with one attached hydrogen (secondary N) is 2. The minimum absolute atomic E-state index is 0.114. The Morgan fingerprint density at radius 3 is 2.95 bits per heavy atom. The number of rotatable bonds is 4. The number of thiophene rings is 1. The fourth-order valence-electron chi connectivity index (χ4n) is 2.58. The summed E-state index contributed by atoms with van der Waals surface area (Å²) in [5.74, 6) is 0.211. The van der Waals surface area contributed by atoms with Gasteiger partial charge in [0, 0.05) is 23.4 Å². The predicted molar refractivity (Wildman–Crippen MR) is 77.3 cm³/mol. The first-order valence-electron chi connectivity index (χ1n) is 6.89. The Balaban J connectivity index is 1.79. The Hall–Kier alpha value is -1.07. The molecule has 4 nitrogen and oxygen atoms in total. The van der Waals surface area contributed by atoms with Crippen molar-refractivity contribution in [3.63, 3.8) is 0 Å². The highest BCUT2D eigenvalue weighted by molar-refractivity contribution is 7.10. The van der Waals surface area contributed by atoms with E-state index in [4.69, 9.17) is 0 Å². The van der Waals surface area contributed by atoms with Gasteiger partial charge in [-0.25, -0.2) is 4.79 Å². The average Bonchev–Trinajstić information content (AvgIpc) is 2.82. The van der Waals surface area contributed by atoms with Crippen molar-refractivity contribution in [1.82, 2.24) is 10.6 Å². The minimum atomic E-state index is -0.127. The summed E-state index contributed by atoms with van der Waals surface area (Å²) in [4.78, 5) is 13.1. The molecule has 2 rings (SSSR count). The lowest BCUT2D eigenvalue weighted by Crippen LogP contribution is -2.47. The molecule has 0 aromatic carbocycles. The molecule has 106 valence electrons. The Morgan fingerprint density at radius 1 is 1.47 bits per heavy atom. The minimum Gasteiger partial charge on any atom is -0.396 e. The van der Waals surface area contributed by atoms with Gasteiger partial charge in [-0.3, -0.25) is 0 Å². The zero-order valence-electron chi connectivity index (χ0n) is 11.3. The highest BCUT2D eigenvalue weighted by atomic mass is 32.1. The predicted octanol–water partition coefficient (Wildman–Crippen LogP) is 2.41. The van der Waals surface area contributed by atoms with Gasteiger partial charge in [0.15, 0.2) is 0 Å². The molecule has 1 aromatic rings. The van der Waals surface area contributed by atoms with Crippen molar-refractivity contribution in [3.8, 4) is 0 Å². The summed E-state index contributed by atoms with van der Waals surface area (Å²) in [6.45, 7) is 2.79. The van der Waals surface area contributed by atoms with Crippen LogP contribution in [0.15, 0.2) is 11.4 Å². The number of aliphatic hydroxyl groups is 1. The van der Waals surface area contributed by atoms with Crippen molar-refractivity contribution in [2.24, 2.45) is 5.92 Å². The van der Waals surface area contributed by atoms with E-state index in [0.717, 1.165) is 25.7 Å². The third-order valence-electron chi connectivity index (χ3n) is 3.84. The van der Waals surface area contributed by atoms with Gasteiger partial charge in [-0.05, 0) is 36.8 Å². The van der Waals surface area contributed by atoms with E-state index < -0.39 is 0 Å². The van der Waals surface area contributed by atoms with Gasteiger partial charge in [-0.1, -0.05) is 12.8 Å². The summed E-state index contributed by atoms with van der Waals surface area (Å²) in [7, 11) is 0. The standard InChI is InChI=1S/C14H22N2O2S/c1-10-6-7-19-13(10)8-15-14(18)16-12-5-3-2-4-11(12)9-17/h6-7,11-12,17H,2-5,8-9H2,1H3,(H2,15,16,18)/t11-,12+/m0/s1. The van der Waals surface area contributed by atoms with Gasteiger partial charge in [0.25, 0.3) is 0 Å². The summed E-state index contributed by atoms with van der Waals surface area (Å²) in [5.41, 5.74) is 1.22. The number of carbonyl (C=O) groups is 1. The zero-order valence-corrected chi connectivity index (χ0v) is 12.1. The van der Waals surface area contributed by atoms with Crippen molar-refractivity contribution in [1.29, 1.82) is 0 Å². The molecule has 0 unspecified atom stereocenters. The van der Waals surface area contributed by atoms with Gasteiger partial charge in [-0.15, -0.1) is 11.3 Å². The van der Waals surface area contributed by atoms with E-state index in [1.807, 2.05) is 12.3 Å². The molecule has 0 bridgehead atoms. The molecule has 3 N–H and O–H groups in total. The van der Waals surface area contributed by atoms with Crippen LogP contribution in [-0.4, -0.2) is 23.8 Å². The molecule has 0 aliphatic heterocycles. The second-order valence-corrected chi connectivity index (χ2v) is 6.19. The molecule has 5 heteroatoms. The van der Waals surface area contributed by atoms with E-state index in [-0.39, 0.29) is 24.6 Å². The second kappa shape index (κ2) is 6.91. The van der Waals surface area contributed by atoms with Crippen molar-refractivity contribution in [2.75, 3.05) is 6.61 Å². The van der Waals surface area contributed by atoms with E-state index >= 15 is 0 Å². The lowest BCUT2D eigenvalue weighted by atomic mass is 9.85. The number of hydrogen-bond acceptors (Lipinski definition) is 3. The maximum absolute atomic E-state index is 11.9. The number of carbonyl (C=O) groups excluding carboxylic acids is 1. The lowest BCUT2D eigenvalue weighted by molar-refractivity contribution is 0.153. The van der Waals surface area contributed by atoms with E-state index in [2.05, 4.69) is 16.7 Å². The molecule has 19 heavy (non-hydrogen) atoms. The molecule has 2 atom stereocenters. The Labute approximate surface area is 118 Å². The number of hydrogen-bond donors (Lipinski definition) is 3. The van der Waals surface area contributed by atoms with Crippen LogP contribution in [0.5, 0.6) is 0 Å². The fraction of sp³-hybridized carbons (Fsp3) is 0.643. The molecule has 1 aliphatic rings. The Kier molecular flexibility index (Phi) is 5.22. The summed E-state index contributed by atoms with van der Waals surface area (Å²) < 4.78 is 0. The largest absolute Gasteiger partial charge is 0.396 e. The third-order valence-corrected chi connectivity index (χ3v) is 4.86. The molecule has 1 fully saturated rings. The Bertz CT molecular complexity index is 419.